The molecule has 0 bridgehead atoms. The van der Waals surface area contributed by atoms with E-state index in [0.29, 0.717) is 17.1 Å². The van der Waals surface area contributed by atoms with E-state index in [0.717, 1.165) is 5.56 Å². The van der Waals surface area contributed by atoms with Gasteiger partial charge in [-0.3, -0.25) is 4.79 Å². The van der Waals surface area contributed by atoms with Crippen molar-refractivity contribution < 1.29 is 27.4 Å². The van der Waals surface area contributed by atoms with Gasteiger partial charge >= 0.3 is 5.97 Å². The number of carbonyl (C=O) groups excluding carboxylic acids is 1. The highest BCUT2D eigenvalue weighted by molar-refractivity contribution is 7.89. The number of hydrogen-bond donors (Lipinski definition) is 1. The van der Waals surface area contributed by atoms with E-state index in [1.807, 2.05) is 42.5 Å². The summed E-state index contributed by atoms with van der Waals surface area (Å²) < 4.78 is 45.3. The molecule has 2 atom stereocenters. The van der Waals surface area contributed by atoms with Crippen LogP contribution in [0.1, 0.15) is 23.5 Å². The number of rotatable bonds is 11. The van der Waals surface area contributed by atoms with Crippen molar-refractivity contribution in [2.45, 2.75) is 23.3 Å². The first kappa shape index (κ1) is 26.0. The van der Waals surface area contributed by atoms with Gasteiger partial charge in [0.1, 0.15) is 11.5 Å². The number of para-hydroxylation sites is 2. The normalized spacial score (nSPS) is 13.2. The summed E-state index contributed by atoms with van der Waals surface area (Å²) in [4.78, 5) is 12.5. The minimum atomic E-state index is -3.92. The molecule has 8 heteroatoms. The first-order chi connectivity index (χ1) is 16.9. The second-order valence-electron chi connectivity index (χ2n) is 7.69. The maximum absolute atomic E-state index is 13.3. The maximum atomic E-state index is 13.3. The fourth-order valence-electron chi connectivity index (χ4n) is 3.78. The SMILES string of the molecule is COC(=O)C[C@@H](c1ccccc1OC)[C@@H](/C=C/c1ccccc1OC)NS(=O)(=O)c1ccccc1. The molecule has 35 heavy (non-hydrogen) atoms. The van der Waals surface area contributed by atoms with Gasteiger partial charge in [0.25, 0.3) is 0 Å². The van der Waals surface area contributed by atoms with E-state index in [-0.39, 0.29) is 11.3 Å². The Labute approximate surface area is 206 Å². The number of methoxy groups -OCH3 is 3. The topological polar surface area (TPSA) is 90.9 Å². The molecule has 0 amide bonds. The minimum absolute atomic E-state index is 0.0743. The van der Waals surface area contributed by atoms with Gasteiger partial charge in [-0.1, -0.05) is 66.7 Å². The highest BCUT2D eigenvalue weighted by Gasteiger charge is 2.31. The van der Waals surface area contributed by atoms with Crippen molar-refractivity contribution in [1.82, 2.24) is 4.72 Å². The summed E-state index contributed by atoms with van der Waals surface area (Å²) in [6.45, 7) is 0. The van der Waals surface area contributed by atoms with Crippen LogP contribution in [-0.2, 0) is 19.6 Å². The summed E-state index contributed by atoms with van der Waals surface area (Å²) in [5.41, 5.74) is 1.43. The second-order valence-corrected chi connectivity index (χ2v) is 9.40. The van der Waals surface area contributed by atoms with Crippen molar-refractivity contribution >= 4 is 22.1 Å². The number of carbonyl (C=O) groups is 1. The van der Waals surface area contributed by atoms with E-state index < -0.39 is 28.0 Å². The van der Waals surface area contributed by atoms with Gasteiger partial charge in [0.15, 0.2) is 0 Å². The molecule has 0 saturated carbocycles. The number of sulfonamides is 1. The van der Waals surface area contributed by atoms with E-state index in [2.05, 4.69) is 4.72 Å². The molecule has 0 spiro atoms. The molecule has 0 radical (unpaired) electrons. The van der Waals surface area contributed by atoms with Crippen molar-refractivity contribution in [3.63, 3.8) is 0 Å². The highest BCUT2D eigenvalue weighted by atomic mass is 32.2. The molecule has 3 aromatic carbocycles. The lowest BCUT2D eigenvalue weighted by atomic mass is 9.87. The van der Waals surface area contributed by atoms with Crippen molar-refractivity contribution in [3.8, 4) is 11.5 Å². The van der Waals surface area contributed by atoms with Crippen LogP contribution in [0.4, 0.5) is 0 Å². The molecule has 7 nitrogen and oxygen atoms in total. The third-order valence-electron chi connectivity index (χ3n) is 5.55. The van der Waals surface area contributed by atoms with E-state index in [4.69, 9.17) is 14.2 Å². The van der Waals surface area contributed by atoms with Gasteiger partial charge in [0.2, 0.25) is 10.0 Å². The Morgan fingerprint density at radius 1 is 0.857 bits per heavy atom. The van der Waals surface area contributed by atoms with Gasteiger partial charge in [0, 0.05) is 17.5 Å². The number of benzene rings is 3. The molecule has 0 aromatic heterocycles. The number of ether oxygens (including phenoxy) is 3. The molecule has 1 N–H and O–H groups in total. The second kappa shape index (κ2) is 12.2. The van der Waals surface area contributed by atoms with Gasteiger partial charge in [-0.05, 0) is 29.8 Å². The summed E-state index contributed by atoms with van der Waals surface area (Å²) in [6, 6.07) is 21.8. The molecule has 0 aliphatic heterocycles. The Balaban J connectivity index is 2.12. The van der Waals surface area contributed by atoms with E-state index in [1.165, 1.54) is 26.4 Å². The first-order valence-electron chi connectivity index (χ1n) is 11.0. The summed E-state index contributed by atoms with van der Waals surface area (Å²) in [5, 5.41) is 0. The number of nitrogens with one attached hydrogen (secondary N) is 1. The van der Waals surface area contributed by atoms with Crippen LogP contribution in [0.15, 0.2) is 89.8 Å². The molecule has 0 unspecified atom stereocenters. The molecule has 0 saturated heterocycles. The van der Waals surface area contributed by atoms with E-state index >= 15 is 0 Å². The molecule has 184 valence electrons. The van der Waals surface area contributed by atoms with Gasteiger partial charge < -0.3 is 14.2 Å². The Morgan fingerprint density at radius 2 is 1.46 bits per heavy atom. The quantitative estimate of drug-likeness (QED) is 0.396. The predicted molar refractivity (Wildman–Crippen MR) is 135 cm³/mol. The lowest BCUT2D eigenvalue weighted by Gasteiger charge is -2.27. The molecule has 0 aliphatic rings. The molecule has 0 fully saturated rings. The third-order valence-corrected chi connectivity index (χ3v) is 7.03. The lowest BCUT2D eigenvalue weighted by molar-refractivity contribution is -0.141. The Morgan fingerprint density at radius 3 is 2.11 bits per heavy atom. The van der Waals surface area contributed by atoms with E-state index in [9.17, 15) is 13.2 Å². The zero-order chi connectivity index (χ0) is 25.3. The molecular weight excluding hydrogens is 466 g/mol. The zero-order valence-electron chi connectivity index (χ0n) is 19.9. The van der Waals surface area contributed by atoms with Gasteiger partial charge in [0.05, 0.1) is 32.6 Å². The van der Waals surface area contributed by atoms with Gasteiger partial charge in [-0.2, -0.15) is 0 Å². The van der Waals surface area contributed by atoms with Crippen molar-refractivity contribution in [1.29, 1.82) is 0 Å². The van der Waals surface area contributed by atoms with Crippen LogP contribution in [0.3, 0.4) is 0 Å². The van der Waals surface area contributed by atoms with Gasteiger partial charge in [-0.15, -0.1) is 0 Å². The van der Waals surface area contributed by atoms with Crippen molar-refractivity contribution in [2.24, 2.45) is 0 Å². The van der Waals surface area contributed by atoms with Crippen LogP contribution in [0.5, 0.6) is 11.5 Å². The molecule has 3 aromatic rings. The lowest BCUT2D eigenvalue weighted by Crippen LogP contribution is -2.39. The predicted octanol–water partition coefficient (Wildman–Crippen LogP) is 4.41. The molecule has 0 heterocycles. The van der Waals surface area contributed by atoms with Crippen molar-refractivity contribution in [2.75, 3.05) is 21.3 Å². The van der Waals surface area contributed by atoms with Crippen molar-refractivity contribution in [3.05, 3.63) is 96.1 Å². The number of hydrogen-bond acceptors (Lipinski definition) is 6. The smallest absolute Gasteiger partial charge is 0.306 e. The average molecular weight is 496 g/mol. The fraction of sp³-hybridized carbons (Fsp3) is 0.222. The maximum Gasteiger partial charge on any atom is 0.306 e. The Kier molecular flexibility index (Phi) is 9.05. The Bertz CT molecular complexity index is 1260. The average Bonchev–Trinajstić information content (AvgIpc) is 2.90. The first-order valence-corrected chi connectivity index (χ1v) is 12.5. The highest BCUT2D eigenvalue weighted by Crippen LogP contribution is 2.34. The van der Waals surface area contributed by atoms with Gasteiger partial charge in [-0.25, -0.2) is 13.1 Å². The van der Waals surface area contributed by atoms with Crippen LogP contribution in [0, 0.1) is 0 Å². The molecular formula is C27H29NO6S. The van der Waals surface area contributed by atoms with Crippen LogP contribution in [-0.4, -0.2) is 41.8 Å². The summed E-state index contributed by atoms with van der Waals surface area (Å²) in [5.74, 6) is 0.0739. The fourth-order valence-corrected chi connectivity index (χ4v) is 5.03. The molecule has 3 rings (SSSR count). The summed E-state index contributed by atoms with van der Waals surface area (Å²) in [7, 11) is 0.477. The monoisotopic (exact) mass is 495 g/mol. The van der Waals surface area contributed by atoms with Crippen LogP contribution in [0.2, 0.25) is 0 Å². The van der Waals surface area contributed by atoms with Crippen LogP contribution in [0.25, 0.3) is 6.08 Å². The Hall–Kier alpha value is -3.62. The number of esters is 1. The van der Waals surface area contributed by atoms with Crippen LogP contribution < -0.4 is 14.2 Å². The summed E-state index contributed by atoms with van der Waals surface area (Å²) >= 11 is 0. The van der Waals surface area contributed by atoms with E-state index in [1.54, 1.807) is 43.5 Å². The zero-order valence-corrected chi connectivity index (χ0v) is 20.7. The largest absolute Gasteiger partial charge is 0.496 e. The standard InChI is InChI=1S/C27H29NO6S/c1-32-25-15-9-7-11-20(25)17-18-24(28-35(30,31)21-12-5-4-6-13-21)23(19-27(29)34-3)22-14-8-10-16-26(22)33-2/h4-18,23-24,28H,19H2,1-3H3/b18-17+/t23-,24+/m0/s1. The summed E-state index contributed by atoms with van der Waals surface area (Å²) in [6.07, 6.45) is 3.42. The molecule has 0 aliphatic carbocycles. The third kappa shape index (κ3) is 6.71. The minimum Gasteiger partial charge on any atom is -0.496 e. The van der Waals surface area contributed by atoms with Crippen LogP contribution >= 0.6 is 0 Å².